The van der Waals surface area contributed by atoms with Crippen LogP contribution in [0.25, 0.3) is 0 Å². The fourth-order valence-corrected chi connectivity index (χ4v) is 3.00. The van der Waals surface area contributed by atoms with Crippen molar-refractivity contribution in [1.82, 2.24) is 0 Å². The van der Waals surface area contributed by atoms with Gasteiger partial charge in [-0.2, -0.15) is 0 Å². The van der Waals surface area contributed by atoms with Gasteiger partial charge in [0.1, 0.15) is 18.1 Å². The Kier molecular flexibility index (Phi) is 6.80. The minimum Gasteiger partial charge on any atom is -0.493 e. The van der Waals surface area contributed by atoms with Gasteiger partial charge in [0, 0.05) is 21.8 Å². The summed E-state index contributed by atoms with van der Waals surface area (Å²) in [7, 11) is 0. The topological polar surface area (TPSA) is 47.6 Å². The van der Waals surface area contributed by atoms with Crippen LogP contribution in [0, 0.1) is 0 Å². The number of para-hydroxylation sites is 1. The van der Waals surface area contributed by atoms with Crippen LogP contribution in [-0.4, -0.2) is 12.5 Å². The Labute approximate surface area is 174 Å². The quantitative estimate of drug-likeness (QED) is 0.497. The highest BCUT2D eigenvalue weighted by Gasteiger charge is 2.12. The molecule has 0 bridgehead atoms. The average molecular weight is 416 g/mol. The first-order chi connectivity index (χ1) is 13.6. The van der Waals surface area contributed by atoms with Crippen LogP contribution >= 0.6 is 23.2 Å². The van der Waals surface area contributed by atoms with Gasteiger partial charge in [0.05, 0.1) is 11.6 Å². The Hall–Kier alpha value is -2.69. The van der Waals surface area contributed by atoms with Crippen molar-refractivity contribution in [3.05, 3.63) is 87.9 Å². The van der Waals surface area contributed by atoms with Gasteiger partial charge in [0.25, 0.3) is 5.91 Å². The molecule has 0 spiro atoms. The molecular formula is C22H19Cl2NO3. The maximum atomic E-state index is 12.6. The first-order valence-corrected chi connectivity index (χ1v) is 9.52. The maximum Gasteiger partial charge on any atom is 0.255 e. The molecule has 6 heteroatoms. The summed E-state index contributed by atoms with van der Waals surface area (Å²) in [5.41, 5.74) is 1.86. The summed E-state index contributed by atoms with van der Waals surface area (Å²) in [6, 6.07) is 19.5. The van der Waals surface area contributed by atoms with Crippen LogP contribution in [0.3, 0.4) is 0 Å². The predicted octanol–water partition coefficient (Wildman–Crippen LogP) is 6.22. The normalized spacial score (nSPS) is 10.4. The van der Waals surface area contributed by atoms with Gasteiger partial charge in [0.15, 0.2) is 0 Å². The van der Waals surface area contributed by atoms with Crippen LogP contribution in [0.5, 0.6) is 11.5 Å². The van der Waals surface area contributed by atoms with Crippen molar-refractivity contribution in [3.8, 4) is 11.5 Å². The summed E-state index contributed by atoms with van der Waals surface area (Å²) in [5.74, 6) is 0.985. The molecule has 4 nitrogen and oxygen atoms in total. The maximum absolute atomic E-state index is 12.6. The summed E-state index contributed by atoms with van der Waals surface area (Å²) >= 11 is 12.1. The molecule has 0 heterocycles. The van der Waals surface area contributed by atoms with Crippen molar-refractivity contribution in [2.24, 2.45) is 0 Å². The largest absolute Gasteiger partial charge is 0.493 e. The summed E-state index contributed by atoms with van der Waals surface area (Å²) < 4.78 is 11.5. The number of hydrogen-bond donors (Lipinski definition) is 1. The minimum absolute atomic E-state index is 0.220. The molecule has 0 aliphatic heterocycles. The summed E-state index contributed by atoms with van der Waals surface area (Å²) in [6.07, 6.45) is 0. The van der Waals surface area contributed by atoms with Crippen molar-refractivity contribution in [2.45, 2.75) is 13.5 Å². The third-order valence-electron chi connectivity index (χ3n) is 3.92. The van der Waals surface area contributed by atoms with E-state index in [1.165, 1.54) is 0 Å². The molecule has 0 radical (unpaired) electrons. The van der Waals surface area contributed by atoms with Crippen molar-refractivity contribution in [3.63, 3.8) is 0 Å². The number of halogens is 2. The first kappa shape index (κ1) is 20.1. The lowest BCUT2D eigenvalue weighted by Gasteiger charge is -2.14. The summed E-state index contributed by atoms with van der Waals surface area (Å²) in [4.78, 5) is 12.6. The second kappa shape index (κ2) is 9.49. The zero-order valence-corrected chi connectivity index (χ0v) is 16.8. The van der Waals surface area contributed by atoms with Crippen molar-refractivity contribution < 1.29 is 14.3 Å². The van der Waals surface area contributed by atoms with Gasteiger partial charge in [-0.25, -0.2) is 0 Å². The molecule has 0 aliphatic rings. The van der Waals surface area contributed by atoms with Crippen LogP contribution in [-0.2, 0) is 6.61 Å². The number of carbonyl (C=O) groups excluding carboxylic acids is 1. The van der Waals surface area contributed by atoms with Crippen LogP contribution in [0.1, 0.15) is 22.8 Å². The number of ether oxygens (including phenoxy) is 2. The Bertz CT molecular complexity index is 976. The second-order valence-corrected chi connectivity index (χ2v) is 6.78. The van der Waals surface area contributed by atoms with Crippen LogP contribution in [0.2, 0.25) is 10.0 Å². The average Bonchev–Trinajstić information content (AvgIpc) is 2.68. The number of anilines is 1. The molecular weight excluding hydrogens is 397 g/mol. The molecule has 0 unspecified atom stereocenters. The van der Waals surface area contributed by atoms with Gasteiger partial charge in [-0.15, -0.1) is 0 Å². The summed E-state index contributed by atoms with van der Waals surface area (Å²) in [6.45, 7) is 2.63. The van der Waals surface area contributed by atoms with E-state index < -0.39 is 0 Å². The molecule has 0 aliphatic carbocycles. The number of hydrogen-bond acceptors (Lipinski definition) is 3. The highest BCUT2D eigenvalue weighted by atomic mass is 35.5. The molecule has 3 aromatic carbocycles. The van der Waals surface area contributed by atoms with E-state index in [0.717, 1.165) is 5.56 Å². The number of carbonyl (C=O) groups is 1. The standard InChI is InChI=1S/C22H19Cl2NO3/c1-2-27-20-11-10-15(22(26)25-18-7-5-6-17(23)13-18)12-16(20)14-28-21-9-4-3-8-19(21)24/h3-13H,2,14H2,1H3,(H,25,26). The van der Waals surface area contributed by atoms with E-state index in [1.807, 2.05) is 19.1 Å². The van der Waals surface area contributed by atoms with Gasteiger partial charge >= 0.3 is 0 Å². The third-order valence-corrected chi connectivity index (χ3v) is 4.47. The summed E-state index contributed by atoms with van der Waals surface area (Å²) in [5, 5.41) is 3.91. The molecule has 0 saturated carbocycles. The van der Waals surface area contributed by atoms with E-state index in [0.29, 0.717) is 39.4 Å². The molecule has 3 rings (SSSR count). The van der Waals surface area contributed by atoms with E-state index in [4.69, 9.17) is 32.7 Å². The lowest BCUT2D eigenvalue weighted by atomic mass is 10.1. The Morgan fingerprint density at radius 2 is 1.75 bits per heavy atom. The van der Waals surface area contributed by atoms with E-state index in [2.05, 4.69) is 5.32 Å². The number of benzene rings is 3. The Morgan fingerprint density at radius 3 is 2.50 bits per heavy atom. The van der Waals surface area contributed by atoms with E-state index >= 15 is 0 Å². The fraction of sp³-hybridized carbons (Fsp3) is 0.136. The van der Waals surface area contributed by atoms with Gasteiger partial charge in [-0.05, 0) is 55.5 Å². The van der Waals surface area contributed by atoms with Gasteiger partial charge < -0.3 is 14.8 Å². The van der Waals surface area contributed by atoms with Crippen molar-refractivity contribution in [1.29, 1.82) is 0 Å². The monoisotopic (exact) mass is 415 g/mol. The van der Waals surface area contributed by atoms with Crippen molar-refractivity contribution >= 4 is 34.8 Å². The van der Waals surface area contributed by atoms with Crippen molar-refractivity contribution in [2.75, 3.05) is 11.9 Å². The number of nitrogens with one attached hydrogen (secondary N) is 1. The Balaban J connectivity index is 1.80. The van der Waals surface area contributed by atoms with Gasteiger partial charge in [0.2, 0.25) is 0 Å². The molecule has 3 aromatic rings. The van der Waals surface area contributed by atoms with Gasteiger partial charge in [-0.1, -0.05) is 41.4 Å². The van der Waals surface area contributed by atoms with E-state index in [9.17, 15) is 4.79 Å². The Morgan fingerprint density at radius 1 is 0.929 bits per heavy atom. The van der Waals surface area contributed by atoms with Crippen LogP contribution < -0.4 is 14.8 Å². The van der Waals surface area contributed by atoms with Gasteiger partial charge in [-0.3, -0.25) is 4.79 Å². The van der Waals surface area contributed by atoms with Crippen LogP contribution in [0.4, 0.5) is 5.69 Å². The highest BCUT2D eigenvalue weighted by molar-refractivity contribution is 6.32. The molecule has 144 valence electrons. The molecule has 0 saturated heterocycles. The SMILES string of the molecule is CCOc1ccc(C(=O)Nc2cccc(Cl)c2)cc1COc1ccccc1Cl. The molecule has 0 aromatic heterocycles. The zero-order valence-electron chi connectivity index (χ0n) is 15.2. The molecule has 0 atom stereocenters. The molecule has 28 heavy (non-hydrogen) atoms. The van der Waals surface area contributed by atoms with E-state index in [1.54, 1.807) is 54.6 Å². The van der Waals surface area contributed by atoms with E-state index in [-0.39, 0.29) is 12.5 Å². The highest BCUT2D eigenvalue weighted by Crippen LogP contribution is 2.27. The lowest BCUT2D eigenvalue weighted by Crippen LogP contribution is -2.13. The second-order valence-electron chi connectivity index (χ2n) is 5.94. The van der Waals surface area contributed by atoms with Crippen LogP contribution in [0.15, 0.2) is 66.7 Å². The predicted molar refractivity (Wildman–Crippen MR) is 113 cm³/mol. The molecule has 1 N–H and O–H groups in total. The third kappa shape index (κ3) is 5.18. The minimum atomic E-state index is -0.246. The zero-order chi connectivity index (χ0) is 19.9. The fourth-order valence-electron chi connectivity index (χ4n) is 2.62. The lowest BCUT2D eigenvalue weighted by molar-refractivity contribution is 0.102. The number of amides is 1. The first-order valence-electron chi connectivity index (χ1n) is 8.77. The molecule has 1 amide bonds. The number of rotatable bonds is 7. The smallest absolute Gasteiger partial charge is 0.255 e. The molecule has 0 fully saturated rings.